The minimum atomic E-state index is -4.36. The van der Waals surface area contributed by atoms with Crippen molar-refractivity contribution in [3.63, 3.8) is 0 Å². The van der Waals surface area contributed by atoms with Crippen LogP contribution in [-0.2, 0) is 6.42 Å². The first-order valence-electron chi connectivity index (χ1n) is 5.68. The average Bonchev–Trinajstić information content (AvgIpc) is 2.35. The smallest absolute Gasteiger partial charge is 0.422 e. The molecule has 0 aliphatic rings. The Kier molecular flexibility index (Phi) is 3.85. The van der Waals surface area contributed by atoms with Crippen molar-refractivity contribution in [2.75, 3.05) is 6.61 Å². The lowest BCUT2D eigenvalue weighted by atomic mass is 10.1. The SMILES string of the molecule is CCc1cc(Cl)c2cc(OCC(F)(F)F)ccc2n1. The van der Waals surface area contributed by atoms with Gasteiger partial charge < -0.3 is 4.74 Å². The normalized spacial score (nSPS) is 11.8. The highest BCUT2D eigenvalue weighted by Crippen LogP contribution is 2.28. The van der Waals surface area contributed by atoms with E-state index in [-0.39, 0.29) is 5.75 Å². The number of aryl methyl sites for hydroxylation is 1. The lowest BCUT2D eigenvalue weighted by Crippen LogP contribution is -2.19. The molecule has 19 heavy (non-hydrogen) atoms. The van der Waals surface area contributed by atoms with Gasteiger partial charge in [-0.1, -0.05) is 18.5 Å². The van der Waals surface area contributed by atoms with E-state index in [1.165, 1.54) is 12.1 Å². The Balaban J connectivity index is 2.33. The number of halogens is 4. The Morgan fingerprint density at radius 3 is 2.63 bits per heavy atom. The highest BCUT2D eigenvalue weighted by Gasteiger charge is 2.28. The lowest BCUT2D eigenvalue weighted by Gasteiger charge is -2.10. The molecule has 0 aliphatic heterocycles. The minimum Gasteiger partial charge on any atom is -0.484 e. The second-order valence-corrected chi connectivity index (χ2v) is 4.44. The summed E-state index contributed by atoms with van der Waals surface area (Å²) in [5.41, 5.74) is 1.48. The van der Waals surface area contributed by atoms with Crippen molar-refractivity contribution in [2.24, 2.45) is 0 Å². The molecule has 1 heterocycles. The predicted octanol–water partition coefficient (Wildman–Crippen LogP) is 4.39. The maximum absolute atomic E-state index is 12.1. The van der Waals surface area contributed by atoms with Gasteiger partial charge >= 0.3 is 6.18 Å². The van der Waals surface area contributed by atoms with Crippen LogP contribution in [0.1, 0.15) is 12.6 Å². The number of rotatable bonds is 3. The summed E-state index contributed by atoms with van der Waals surface area (Å²) in [6, 6.07) is 6.23. The number of fused-ring (bicyclic) bond motifs is 1. The third kappa shape index (κ3) is 3.50. The van der Waals surface area contributed by atoms with Crippen LogP contribution in [0, 0.1) is 0 Å². The summed E-state index contributed by atoms with van der Waals surface area (Å²) in [7, 11) is 0. The number of pyridine rings is 1. The van der Waals surface area contributed by atoms with Crippen LogP contribution in [0.3, 0.4) is 0 Å². The Morgan fingerprint density at radius 2 is 2.00 bits per heavy atom. The summed E-state index contributed by atoms with van der Waals surface area (Å²) in [5, 5.41) is 1.04. The summed E-state index contributed by atoms with van der Waals surface area (Å²) in [4.78, 5) is 4.34. The van der Waals surface area contributed by atoms with E-state index in [4.69, 9.17) is 11.6 Å². The van der Waals surface area contributed by atoms with Crippen LogP contribution >= 0.6 is 11.6 Å². The molecule has 0 aliphatic carbocycles. The second kappa shape index (κ2) is 5.25. The van der Waals surface area contributed by atoms with Crippen LogP contribution in [-0.4, -0.2) is 17.8 Å². The van der Waals surface area contributed by atoms with Gasteiger partial charge in [-0.25, -0.2) is 0 Å². The third-order valence-corrected chi connectivity index (χ3v) is 2.86. The number of alkyl halides is 3. The number of nitrogens with zero attached hydrogens (tertiary/aromatic N) is 1. The fourth-order valence-corrected chi connectivity index (χ4v) is 1.93. The van der Waals surface area contributed by atoms with Crippen molar-refractivity contribution in [2.45, 2.75) is 19.5 Å². The first kappa shape index (κ1) is 13.9. The van der Waals surface area contributed by atoms with E-state index in [2.05, 4.69) is 9.72 Å². The standard InChI is InChI=1S/C13H11ClF3NO/c1-2-8-5-11(14)10-6-9(3-4-12(10)18-8)19-7-13(15,16)17/h3-6H,2,7H2,1H3. The summed E-state index contributed by atoms with van der Waals surface area (Å²) in [5.74, 6) is 0.123. The highest BCUT2D eigenvalue weighted by atomic mass is 35.5. The number of hydrogen-bond acceptors (Lipinski definition) is 2. The maximum Gasteiger partial charge on any atom is 0.422 e. The van der Waals surface area contributed by atoms with Crippen LogP contribution in [0.2, 0.25) is 5.02 Å². The number of aromatic nitrogens is 1. The minimum absolute atomic E-state index is 0.123. The quantitative estimate of drug-likeness (QED) is 0.836. The molecular formula is C13H11ClF3NO. The Bertz CT molecular complexity index is 598. The molecule has 1 aromatic carbocycles. The third-order valence-electron chi connectivity index (χ3n) is 2.55. The van der Waals surface area contributed by atoms with Crippen LogP contribution in [0.5, 0.6) is 5.75 Å². The molecule has 0 unspecified atom stereocenters. The molecule has 2 aromatic rings. The first-order valence-corrected chi connectivity index (χ1v) is 6.05. The zero-order chi connectivity index (χ0) is 14.0. The first-order chi connectivity index (χ1) is 8.89. The summed E-state index contributed by atoms with van der Waals surface area (Å²) in [6.45, 7) is 0.627. The van der Waals surface area contributed by atoms with Gasteiger partial charge in [0.25, 0.3) is 0 Å². The molecule has 0 spiro atoms. The van der Waals surface area contributed by atoms with Crippen LogP contribution in [0.4, 0.5) is 13.2 Å². The van der Waals surface area contributed by atoms with Crippen molar-refractivity contribution in [3.05, 3.63) is 35.0 Å². The van der Waals surface area contributed by atoms with Crippen molar-refractivity contribution in [3.8, 4) is 5.75 Å². The molecule has 1 aromatic heterocycles. The van der Waals surface area contributed by atoms with Gasteiger partial charge in [0.2, 0.25) is 0 Å². The summed E-state index contributed by atoms with van der Waals surface area (Å²) < 4.78 is 40.9. The van der Waals surface area contributed by atoms with Crippen LogP contribution < -0.4 is 4.74 Å². The molecule has 0 saturated carbocycles. The Morgan fingerprint density at radius 1 is 1.26 bits per heavy atom. The Labute approximate surface area is 113 Å². The fourth-order valence-electron chi connectivity index (χ4n) is 1.65. The van der Waals surface area contributed by atoms with E-state index in [1.807, 2.05) is 6.92 Å². The van der Waals surface area contributed by atoms with Crippen molar-refractivity contribution < 1.29 is 17.9 Å². The summed E-state index contributed by atoms with van der Waals surface area (Å²) in [6.07, 6.45) is -3.62. The van der Waals surface area contributed by atoms with Gasteiger partial charge in [0, 0.05) is 11.1 Å². The molecule has 0 N–H and O–H groups in total. The lowest BCUT2D eigenvalue weighted by molar-refractivity contribution is -0.153. The zero-order valence-corrected chi connectivity index (χ0v) is 10.8. The molecule has 102 valence electrons. The maximum atomic E-state index is 12.1. The summed E-state index contributed by atoms with van der Waals surface area (Å²) >= 11 is 6.09. The molecule has 0 bridgehead atoms. The van der Waals surface area contributed by atoms with Crippen LogP contribution in [0.15, 0.2) is 24.3 Å². The van der Waals surface area contributed by atoms with E-state index in [9.17, 15) is 13.2 Å². The number of ether oxygens (including phenoxy) is 1. The van der Waals surface area contributed by atoms with E-state index in [0.29, 0.717) is 15.9 Å². The van der Waals surface area contributed by atoms with Crippen molar-refractivity contribution >= 4 is 22.5 Å². The Hall–Kier alpha value is -1.49. The van der Waals surface area contributed by atoms with Crippen molar-refractivity contribution in [1.82, 2.24) is 4.98 Å². The molecule has 2 rings (SSSR count). The number of hydrogen-bond donors (Lipinski definition) is 0. The molecule has 2 nitrogen and oxygen atoms in total. The zero-order valence-electron chi connectivity index (χ0n) is 10.1. The van der Waals surface area contributed by atoms with Gasteiger partial charge in [-0.15, -0.1) is 0 Å². The molecule has 0 radical (unpaired) electrons. The van der Waals surface area contributed by atoms with E-state index >= 15 is 0 Å². The number of benzene rings is 1. The van der Waals surface area contributed by atoms with Gasteiger partial charge in [-0.2, -0.15) is 13.2 Å². The van der Waals surface area contributed by atoms with Gasteiger partial charge in [-0.3, -0.25) is 4.98 Å². The highest BCUT2D eigenvalue weighted by molar-refractivity contribution is 6.35. The average molecular weight is 290 g/mol. The van der Waals surface area contributed by atoms with Crippen LogP contribution in [0.25, 0.3) is 10.9 Å². The second-order valence-electron chi connectivity index (χ2n) is 4.03. The fraction of sp³-hybridized carbons (Fsp3) is 0.308. The molecule has 0 amide bonds. The topological polar surface area (TPSA) is 22.1 Å². The molecule has 6 heteroatoms. The van der Waals surface area contributed by atoms with Gasteiger partial charge in [0.05, 0.1) is 10.5 Å². The van der Waals surface area contributed by atoms with E-state index < -0.39 is 12.8 Å². The monoisotopic (exact) mass is 289 g/mol. The van der Waals surface area contributed by atoms with Crippen molar-refractivity contribution in [1.29, 1.82) is 0 Å². The molecule has 0 saturated heterocycles. The van der Waals surface area contributed by atoms with Gasteiger partial charge in [-0.05, 0) is 30.7 Å². The van der Waals surface area contributed by atoms with E-state index in [0.717, 1.165) is 12.1 Å². The molecule has 0 atom stereocenters. The van der Waals surface area contributed by atoms with E-state index in [1.54, 1.807) is 12.1 Å². The molecule has 0 fully saturated rings. The van der Waals surface area contributed by atoms with Gasteiger partial charge in [0.15, 0.2) is 6.61 Å². The van der Waals surface area contributed by atoms with Gasteiger partial charge in [0.1, 0.15) is 5.75 Å². The molecular weight excluding hydrogens is 279 g/mol. The predicted molar refractivity (Wildman–Crippen MR) is 67.7 cm³/mol. The largest absolute Gasteiger partial charge is 0.484 e.